The molecule has 1 N–H and O–H groups in total. The van der Waals surface area contributed by atoms with E-state index in [1.54, 1.807) is 12.1 Å². The van der Waals surface area contributed by atoms with E-state index in [9.17, 15) is 14.7 Å². The van der Waals surface area contributed by atoms with Gasteiger partial charge in [0, 0.05) is 35.8 Å². The number of ether oxygens (including phenoxy) is 2. The van der Waals surface area contributed by atoms with Crippen LogP contribution in [-0.2, 0) is 9.53 Å². The molecule has 0 amide bonds. The molecule has 2 aromatic rings. The highest BCUT2D eigenvalue weighted by atomic mass is 16.5. The van der Waals surface area contributed by atoms with E-state index in [4.69, 9.17) is 13.9 Å². The van der Waals surface area contributed by atoms with Crippen molar-refractivity contribution in [1.82, 2.24) is 0 Å². The molecule has 0 spiro atoms. The number of hydrogen-bond acceptors (Lipinski definition) is 6. The van der Waals surface area contributed by atoms with Crippen molar-refractivity contribution in [2.24, 2.45) is 22.7 Å². The first-order valence-electron chi connectivity index (χ1n) is 11.5. The third kappa shape index (κ3) is 3.94. The smallest absolute Gasteiger partial charge is 0.336 e. The molecular formula is C26H34O6. The fraction of sp³-hybridized carbons (Fsp3) is 0.615. The molecule has 1 aromatic carbocycles. The molecule has 0 unspecified atom stereocenters. The van der Waals surface area contributed by atoms with Crippen LogP contribution in [0.25, 0.3) is 11.0 Å². The monoisotopic (exact) mass is 442 g/mol. The van der Waals surface area contributed by atoms with E-state index < -0.39 is 11.2 Å². The van der Waals surface area contributed by atoms with Crippen molar-refractivity contribution in [2.75, 3.05) is 6.61 Å². The highest BCUT2D eigenvalue weighted by Gasteiger charge is 2.61. The predicted octanol–water partition coefficient (Wildman–Crippen LogP) is 4.71. The lowest BCUT2D eigenvalue weighted by Gasteiger charge is -2.62. The van der Waals surface area contributed by atoms with Gasteiger partial charge < -0.3 is 19.0 Å². The maximum absolute atomic E-state index is 11.7. The van der Waals surface area contributed by atoms with E-state index in [0.29, 0.717) is 24.4 Å². The van der Waals surface area contributed by atoms with Crippen molar-refractivity contribution in [3.05, 3.63) is 40.8 Å². The van der Waals surface area contributed by atoms with Crippen molar-refractivity contribution in [1.29, 1.82) is 0 Å². The Morgan fingerprint density at radius 1 is 1.12 bits per heavy atom. The lowest BCUT2D eigenvalue weighted by molar-refractivity contribution is -0.210. The molecule has 5 atom stereocenters. The maximum Gasteiger partial charge on any atom is 0.336 e. The lowest BCUT2D eigenvalue weighted by atomic mass is 9.45. The number of hydrogen-bond donors (Lipinski definition) is 1. The molecule has 2 aliphatic rings. The van der Waals surface area contributed by atoms with Gasteiger partial charge in [0.15, 0.2) is 0 Å². The molecule has 2 aliphatic carbocycles. The highest BCUT2D eigenvalue weighted by Crippen LogP contribution is 2.62. The van der Waals surface area contributed by atoms with Gasteiger partial charge in [-0.3, -0.25) is 4.79 Å². The molecule has 2 saturated carbocycles. The third-order valence-corrected chi connectivity index (χ3v) is 8.27. The number of esters is 1. The number of benzene rings is 1. The largest absolute Gasteiger partial charge is 0.493 e. The van der Waals surface area contributed by atoms with Gasteiger partial charge in [-0.15, -0.1) is 0 Å². The molecule has 4 rings (SSSR count). The topological polar surface area (TPSA) is 86.0 Å². The van der Waals surface area contributed by atoms with Crippen LogP contribution in [0, 0.1) is 22.7 Å². The Balaban J connectivity index is 1.59. The maximum atomic E-state index is 11.7. The SMILES string of the molecule is CC(=O)O[C@@H]1CC[C@@]2(C)[C@H](CC[C@@](C)(O)[C@H]2COc2ccc3ccc(=O)oc3c2)C1(C)C. The van der Waals surface area contributed by atoms with Gasteiger partial charge in [-0.1, -0.05) is 20.8 Å². The summed E-state index contributed by atoms with van der Waals surface area (Å²) in [4.78, 5) is 23.2. The van der Waals surface area contributed by atoms with E-state index in [1.807, 2.05) is 19.1 Å². The van der Waals surface area contributed by atoms with Crippen LogP contribution in [0.2, 0.25) is 0 Å². The molecule has 0 bridgehead atoms. The minimum Gasteiger partial charge on any atom is -0.493 e. The van der Waals surface area contributed by atoms with Crippen LogP contribution in [0.15, 0.2) is 39.5 Å². The first-order chi connectivity index (χ1) is 14.9. The second kappa shape index (κ2) is 7.91. The average Bonchev–Trinajstić information content (AvgIpc) is 2.68. The Bertz CT molecular complexity index is 1070. The number of carbonyl (C=O) groups is 1. The first kappa shape index (κ1) is 22.8. The average molecular weight is 443 g/mol. The van der Waals surface area contributed by atoms with Crippen molar-refractivity contribution in [3.63, 3.8) is 0 Å². The number of aliphatic hydroxyl groups is 1. The Labute approximate surface area is 188 Å². The zero-order valence-electron chi connectivity index (χ0n) is 19.6. The molecule has 1 heterocycles. The van der Waals surface area contributed by atoms with E-state index >= 15 is 0 Å². The Morgan fingerprint density at radius 3 is 2.56 bits per heavy atom. The quantitative estimate of drug-likeness (QED) is 0.545. The third-order valence-electron chi connectivity index (χ3n) is 8.27. The summed E-state index contributed by atoms with van der Waals surface area (Å²) in [5.74, 6) is 0.569. The van der Waals surface area contributed by atoms with Gasteiger partial charge in [0.2, 0.25) is 0 Å². The molecule has 2 fully saturated rings. The molecule has 174 valence electrons. The number of rotatable bonds is 4. The molecule has 6 nitrogen and oxygen atoms in total. The zero-order chi connectivity index (χ0) is 23.3. The van der Waals surface area contributed by atoms with Crippen molar-refractivity contribution in [3.8, 4) is 5.75 Å². The molecule has 0 aliphatic heterocycles. The van der Waals surface area contributed by atoms with Gasteiger partial charge in [-0.05, 0) is 62.1 Å². The van der Waals surface area contributed by atoms with Gasteiger partial charge in [0.05, 0.1) is 12.2 Å². The van der Waals surface area contributed by atoms with Gasteiger partial charge in [0.25, 0.3) is 0 Å². The van der Waals surface area contributed by atoms with E-state index in [2.05, 4.69) is 20.8 Å². The van der Waals surface area contributed by atoms with Gasteiger partial charge in [-0.25, -0.2) is 4.79 Å². The Hall–Kier alpha value is -2.34. The lowest BCUT2D eigenvalue weighted by Crippen LogP contribution is -2.62. The van der Waals surface area contributed by atoms with Crippen LogP contribution in [0.5, 0.6) is 5.75 Å². The molecular weight excluding hydrogens is 408 g/mol. The fourth-order valence-electron chi connectivity index (χ4n) is 6.59. The summed E-state index contributed by atoms with van der Waals surface area (Å²) in [6, 6.07) is 8.59. The van der Waals surface area contributed by atoms with Gasteiger partial charge in [-0.2, -0.15) is 0 Å². The minimum atomic E-state index is -0.862. The van der Waals surface area contributed by atoms with Crippen molar-refractivity contribution < 1.29 is 23.8 Å². The molecule has 0 saturated heterocycles. The van der Waals surface area contributed by atoms with Gasteiger partial charge in [0.1, 0.15) is 17.4 Å². The van der Waals surface area contributed by atoms with Crippen LogP contribution in [0.1, 0.15) is 60.3 Å². The second-order valence-electron chi connectivity index (χ2n) is 10.7. The highest BCUT2D eigenvalue weighted by molar-refractivity contribution is 5.77. The van der Waals surface area contributed by atoms with Crippen LogP contribution in [0.3, 0.4) is 0 Å². The van der Waals surface area contributed by atoms with Crippen molar-refractivity contribution >= 4 is 16.9 Å². The summed E-state index contributed by atoms with van der Waals surface area (Å²) in [6.07, 6.45) is 3.06. The molecule has 32 heavy (non-hydrogen) atoms. The summed E-state index contributed by atoms with van der Waals surface area (Å²) in [7, 11) is 0. The molecule has 0 radical (unpaired) electrons. The van der Waals surface area contributed by atoms with Crippen LogP contribution >= 0.6 is 0 Å². The summed E-state index contributed by atoms with van der Waals surface area (Å²) >= 11 is 0. The predicted molar refractivity (Wildman–Crippen MR) is 121 cm³/mol. The van der Waals surface area contributed by atoms with Crippen LogP contribution in [-0.4, -0.2) is 29.4 Å². The zero-order valence-corrected chi connectivity index (χ0v) is 19.6. The summed E-state index contributed by atoms with van der Waals surface area (Å²) in [5, 5.41) is 12.2. The standard InChI is InChI=1S/C26H34O6/c1-16(27)31-22-11-12-25(4)20(24(22,2)3)10-13-26(5,29)21(25)15-30-18-8-6-17-7-9-23(28)32-19(17)14-18/h6-9,14,20-22,29H,10-13,15H2,1-5H3/t20-,21+,22-,25+,26-/m1/s1. The Kier molecular flexibility index (Phi) is 5.64. The number of carbonyl (C=O) groups excluding carboxylic acids is 1. The van der Waals surface area contributed by atoms with Crippen LogP contribution < -0.4 is 10.4 Å². The summed E-state index contributed by atoms with van der Waals surface area (Å²) in [5.41, 5.74) is -1.13. The summed E-state index contributed by atoms with van der Waals surface area (Å²) < 4.78 is 17.2. The number of fused-ring (bicyclic) bond motifs is 2. The van der Waals surface area contributed by atoms with E-state index in [1.165, 1.54) is 13.0 Å². The second-order valence-corrected chi connectivity index (χ2v) is 10.7. The fourth-order valence-corrected chi connectivity index (χ4v) is 6.59. The Morgan fingerprint density at radius 2 is 1.84 bits per heavy atom. The summed E-state index contributed by atoms with van der Waals surface area (Å²) in [6.45, 7) is 10.4. The van der Waals surface area contributed by atoms with E-state index in [-0.39, 0.29) is 34.7 Å². The normalized spacial score (nSPS) is 34.0. The molecule has 1 aromatic heterocycles. The van der Waals surface area contributed by atoms with Crippen LogP contribution in [0.4, 0.5) is 0 Å². The van der Waals surface area contributed by atoms with E-state index in [0.717, 1.165) is 24.6 Å². The first-order valence-corrected chi connectivity index (χ1v) is 11.5. The minimum absolute atomic E-state index is 0.0928. The van der Waals surface area contributed by atoms with Gasteiger partial charge >= 0.3 is 11.6 Å². The van der Waals surface area contributed by atoms with Crippen molar-refractivity contribution in [2.45, 2.75) is 72.0 Å². The molecule has 6 heteroatoms.